The summed E-state index contributed by atoms with van der Waals surface area (Å²) in [6.07, 6.45) is 8.14. The van der Waals surface area contributed by atoms with Gasteiger partial charge in [-0.3, -0.25) is 4.72 Å². The topological polar surface area (TPSA) is 121 Å². The molecular weight excluding hydrogens is 466 g/mol. The number of nitrogen functional groups attached to an aromatic ring is 1. The van der Waals surface area contributed by atoms with Crippen molar-refractivity contribution in [3.8, 4) is 22.6 Å². The van der Waals surface area contributed by atoms with Gasteiger partial charge in [0.25, 0.3) is 10.0 Å². The zero-order valence-electron chi connectivity index (χ0n) is 19.6. The van der Waals surface area contributed by atoms with Crippen molar-refractivity contribution in [1.29, 1.82) is 0 Å². The number of hydrogen-bond acceptors (Lipinski definition) is 7. The molecule has 10 heteroatoms. The lowest BCUT2D eigenvalue weighted by atomic mass is 10.1. The summed E-state index contributed by atoms with van der Waals surface area (Å²) in [5.74, 6) is 1.37. The van der Waals surface area contributed by atoms with Gasteiger partial charge in [-0.15, -0.1) is 0 Å². The summed E-state index contributed by atoms with van der Waals surface area (Å²) in [7, 11) is -0.796. The fraction of sp³-hybridized carbons (Fsp3) is 0.280. The third kappa shape index (κ3) is 4.25. The van der Waals surface area contributed by atoms with Crippen LogP contribution in [0, 0.1) is 0 Å². The molecule has 1 fully saturated rings. The maximum Gasteiger partial charge on any atom is 0.262 e. The third-order valence-corrected chi connectivity index (χ3v) is 7.86. The van der Waals surface area contributed by atoms with Gasteiger partial charge < -0.3 is 19.8 Å². The number of ether oxygens (including phenoxy) is 2. The second kappa shape index (κ2) is 9.10. The summed E-state index contributed by atoms with van der Waals surface area (Å²) in [4.78, 5) is 8.86. The van der Waals surface area contributed by atoms with E-state index in [1.54, 1.807) is 24.3 Å². The van der Waals surface area contributed by atoms with Crippen LogP contribution in [0.1, 0.15) is 31.7 Å². The molecule has 0 bridgehead atoms. The van der Waals surface area contributed by atoms with Gasteiger partial charge in [-0.1, -0.05) is 18.9 Å². The highest BCUT2D eigenvalue weighted by Gasteiger charge is 2.24. The van der Waals surface area contributed by atoms with Crippen LogP contribution in [0.15, 0.2) is 59.9 Å². The summed E-state index contributed by atoms with van der Waals surface area (Å²) < 4.78 is 41.4. The molecule has 5 rings (SSSR count). The first-order valence-electron chi connectivity index (χ1n) is 11.4. The number of hydrogen-bond donors (Lipinski definition) is 2. The van der Waals surface area contributed by atoms with Crippen LogP contribution >= 0.6 is 0 Å². The predicted molar refractivity (Wildman–Crippen MR) is 135 cm³/mol. The van der Waals surface area contributed by atoms with Crippen molar-refractivity contribution in [1.82, 2.24) is 14.5 Å². The van der Waals surface area contributed by atoms with Crippen molar-refractivity contribution in [3.63, 3.8) is 0 Å². The van der Waals surface area contributed by atoms with Crippen LogP contribution in [0.3, 0.4) is 0 Å². The molecule has 182 valence electrons. The minimum Gasteiger partial charge on any atom is -0.497 e. The lowest BCUT2D eigenvalue weighted by Gasteiger charge is -2.14. The monoisotopic (exact) mass is 493 g/mol. The Labute approximate surface area is 204 Å². The van der Waals surface area contributed by atoms with Gasteiger partial charge in [-0.25, -0.2) is 18.4 Å². The smallest absolute Gasteiger partial charge is 0.262 e. The number of nitrogens with two attached hydrogens (primary N) is 1. The fourth-order valence-electron chi connectivity index (χ4n) is 4.69. The van der Waals surface area contributed by atoms with Gasteiger partial charge in [0.05, 0.1) is 30.2 Å². The zero-order valence-corrected chi connectivity index (χ0v) is 20.4. The highest BCUT2D eigenvalue weighted by atomic mass is 32.2. The Morgan fingerprint density at radius 3 is 2.46 bits per heavy atom. The minimum absolute atomic E-state index is 0.119. The molecule has 1 aliphatic carbocycles. The highest BCUT2D eigenvalue weighted by molar-refractivity contribution is 7.92. The van der Waals surface area contributed by atoms with Crippen molar-refractivity contribution in [3.05, 3.63) is 55.0 Å². The Morgan fingerprint density at radius 1 is 1.03 bits per heavy atom. The quantitative estimate of drug-likeness (QED) is 0.385. The van der Waals surface area contributed by atoms with E-state index in [1.807, 2.05) is 6.07 Å². The first-order valence-corrected chi connectivity index (χ1v) is 12.9. The first-order chi connectivity index (χ1) is 16.9. The summed E-state index contributed by atoms with van der Waals surface area (Å²) >= 11 is 0. The number of fused-ring (bicyclic) bond motifs is 1. The molecule has 0 aliphatic heterocycles. The summed E-state index contributed by atoms with van der Waals surface area (Å²) in [6.45, 7) is 0. The van der Waals surface area contributed by atoms with E-state index >= 15 is 0 Å². The van der Waals surface area contributed by atoms with Gasteiger partial charge in [-0.05, 0) is 54.8 Å². The van der Waals surface area contributed by atoms with Crippen LogP contribution in [0.2, 0.25) is 0 Å². The summed E-state index contributed by atoms with van der Waals surface area (Å²) in [5, 5.41) is 0.785. The maximum atomic E-state index is 13.0. The van der Waals surface area contributed by atoms with E-state index in [-0.39, 0.29) is 4.90 Å². The number of benzene rings is 2. The maximum absolute atomic E-state index is 13.0. The van der Waals surface area contributed by atoms with E-state index in [1.165, 1.54) is 45.5 Å². The van der Waals surface area contributed by atoms with Crippen molar-refractivity contribution >= 4 is 32.6 Å². The van der Waals surface area contributed by atoms with Gasteiger partial charge in [-0.2, -0.15) is 0 Å². The Kier molecular flexibility index (Phi) is 5.98. The summed E-state index contributed by atoms with van der Waals surface area (Å²) in [6, 6.07) is 11.9. The number of nitrogens with one attached hydrogen (secondary N) is 1. The molecule has 0 radical (unpaired) electrons. The molecule has 35 heavy (non-hydrogen) atoms. The van der Waals surface area contributed by atoms with Gasteiger partial charge in [0, 0.05) is 17.8 Å². The standard InChI is InChI=1S/C25H27N5O4S/c1-33-18-8-10-19(11-9-18)35(31,32)29-21-12-7-16(13-22(21)34-2)20-14-30(17-5-3-4-6-17)25-23(20)24(26)27-15-28-25/h7-15,17,29H,3-6H2,1-2H3,(H2,26,27,28). The highest BCUT2D eigenvalue weighted by Crippen LogP contribution is 2.40. The third-order valence-electron chi connectivity index (χ3n) is 6.48. The lowest BCUT2D eigenvalue weighted by molar-refractivity contribution is 0.414. The van der Waals surface area contributed by atoms with Crippen molar-refractivity contribution in [2.75, 3.05) is 24.7 Å². The Morgan fingerprint density at radius 2 is 1.77 bits per heavy atom. The molecule has 4 aromatic rings. The van der Waals surface area contributed by atoms with Crippen molar-refractivity contribution in [2.45, 2.75) is 36.6 Å². The number of nitrogens with zero attached hydrogens (tertiary/aromatic N) is 3. The Hall–Kier alpha value is -3.79. The van der Waals surface area contributed by atoms with E-state index in [4.69, 9.17) is 15.2 Å². The molecule has 0 saturated heterocycles. The fourth-order valence-corrected chi connectivity index (χ4v) is 5.76. The lowest BCUT2D eigenvalue weighted by Crippen LogP contribution is -2.13. The molecule has 2 aromatic carbocycles. The molecule has 1 saturated carbocycles. The molecule has 0 unspecified atom stereocenters. The van der Waals surface area contributed by atoms with Crippen molar-refractivity contribution in [2.24, 2.45) is 0 Å². The van der Waals surface area contributed by atoms with E-state index in [0.717, 1.165) is 35.0 Å². The van der Waals surface area contributed by atoms with Crippen LogP contribution < -0.4 is 19.9 Å². The SMILES string of the molecule is COc1ccc(S(=O)(=O)Nc2ccc(-c3cn(C4CCCC4)c4ncnc(N)c34)cc2OC)cc1. The molecule has 2 aromatic heterocycles. The number of methoxy groups -OCH3 is 2. The van der Waals surface area contributed by atoms with Gasteiger partial charge >= 0.3 is 0 Å². The summed E-state index contributed by atoms with van der Waals surface area (Å²) in [5.41, 5.74) is 9.13. The largest absolute Gasteiger partial charge is 0.497 e. The van der Waals surface area contributed by atoms with Crippen LogP contribution in [0.4, 0.5) is 11.5 Å². The average Bonchev–Trinajstić information content (AvgIpc) is 3.53. The van der Waals surface area contributed by atoms with Gasteiger partial charge in [0.1, 0.15) is 29.3 Å². The molecular formula is C25H27N5O4S. The van der Waals surface area contributed by atoms with E-state index in [0.29, 0.717) is 29.0 Å². The molecule has 0 spiro atoms. The Balaban J connectivity index is 1.53. The number of sulfonamides is 1. The predicted octanol–water partition coefficient (Wildman–Crippen LogP) is 4.61. The molecule has 3 N–H and O–H groups in total. The van der Waals surface area contributed by atoms with Crippen LogP contribution in [0.25, 0.3) is 22.2 Å². The second-order valence-electron chi connectivity index (χ2n) is 8.54. The van der Waals surface area contributed by atoms with Gasteiger partial charge in [0.15, 0.2) is 0 Å². The number of rotatable bonds is 7. The van der Waals surface area contributed by atoms with E-state index in [2.05, 4.69) is 25.5 Å². The van der Waals surface area contributed by atoms with Crippen LogP contribution in [-0.4, -0.2) is 37.2 Å². The first kappa shape index (κ1) is 23.0. The van der Waals surface area contributed by atoms with E-state index < -0.39 is 10.0 Å². The Bertz CT molecular complexity index is 1480. The molecule has 2 heterocycles. The molecule has 9 nitrogen and oxygen atoms in total. The average molecular weight is 494 g/mol. The van der Waals surface area contributed by atoms with Gasteiger partial charge in [0.2, 0.25) is 0 Å². The normalized spacial score (nSPS) is 14.3. The zero-order chi connectivity index (χ0) is 24.6. The number of anilines is 2. The van der Waals surface area contributed by atoms with Crippen LogP contribution in [-0.2, 0) is 10.0 Å². The number of aromatic nitrogens is 3. The second-order valence-corrected chi connectivity index (χ2v) is 10.2. The van der Waals surface area contributed by atoms with Crippen molar-refractivity contribution < 1.29 is 17.9 Å². The van der Waals surface area contributed by atoms with Crippen LogP contribution in [0.5, 0.6) is 11.5 Å². The van der Waals surface area contributed by atoms with E-state index in [9.17, 15) is 8.42 Å². The molecule has 0 atom stereocenters. The molecule has 0 amide bonds. The molecule has 1 aliphatic rings. The minimum atomic E-state index is -3.83.